The first-order chi connectivity index (χ1) is 18.5. The molecular formula is C29H43NO9S. The fraction of sp³-hybridized carbons (Fsp3) is 0.759. The van der Waals surface area contributed by atoms with E-state index in [0.717, 1.165) is 6.42 Å². The molecule has 10 atom stereocenters. The first-order valence-corrected chi connectivity index (χ1v) is 14.6. The third-order valence-electron chi connectivity index (χ3n) is 10.6. The van der Waals surface area contributed by atoms with Gasteiger partial charge in [-0.1, -0.05) is 39.8 Å². The van der Waals surface area contributed by atoms with Gasteiger partial charge >= 0.3 is 5.97 Å². The summed E-state index contributed by atoms with van der Waals surface area (Å²) in [7, 11) is 0. The Morgan fingerprint density at radius 2 is 1.82 bits per heavy atom. The van der Waals surface area contributed by atoms with Crippen molar-refractivity contribution in [2.45, 2.75) is 82.8 Å². The lowest BCUT2D eigenvalue weighted by molar-refractivity contribution is -0.209. The molecule has 5 rings (SSSR count). The minimum Gasteiger partial charge on any atom is -0.480 e. The number of likely N-dealkylation sites (tertiary alicyclic amines) is 1. The molecule has 40 heavy (non-hydrogen) atoms. The Morgan fingerprint density at radius 3 is 2.38 bits per heavy atom. The first-order valence-electron chi connectivity index (χ1n) is 14.0. The van der Waals surface area contributed by atoms with Crippen molar-refractivity contribution in [1.82, 2.24) is 4.90 Å². The summed E-state index contributed by atoms with van der Waals surface area (Å²) in [6, 6.07) is -0.621. The number of ketones is 1. The number of amides is 1. The number of hydrogen-bond donors (Lipinski definition) is 7. The second kappa shape index (κ2) is 10.2. The van der Waals surface area contributed by atoms with E-state index in [0.29, 0.717) is 29.9 Å². The summed E-state index contributed by atoms with van der Waals surface area (Å²) >= 11 is 4.03. The van der Waals surface area contributed by atoms with E-state index in [1.54, 1.807) is 32.9 Å². The van der Waals surface area contributed by atoms with Crippen molar-refractivity contribution in [3.63, 3.8) is 0 Å². The fourth-order valence-electron chi connectivity index (χ4n) is 8.10. The van der Waals surface area contributed by atoms with Crippen LogP contribution in [-0.2, 0) is 14.4 Å². The maximum Gasteiger partial charge on any atom is 0.326 e. The van der Waals surface area contributed by atoms with Crippen molar-refractivity contribution in [2.75, 3.05) is 18.9 Å². The van der Waals surface area contributed by atoms with Gasteiger partial charge in [-0.15, -0.1) is 0 Å². The van der Waals surface area contributed by atoms with Gasteiger partial charge in [0.2, 0.25) is 5.91 Å². The van der Waals surface area contributed by atoms with E-state index >= 15 is 0 Å². The topological polar surface area (TPSA) is 176 Å². The molecule has 5 aliphatic rings. The number of carboxylic acids is 1. The second-order valence-electron chi connectivity index (χ2n) is 13.0. The molecule has 0 radical (unpaired) electrons. The Hall–Kier alpha value is -1.76. The fourth-order valence-corrected chi connectivity index (χ4v) is 8.25. The lowest BCUT2D eigenvalue weighted by atomic mass is 9.59. The molecule has 2 saturated carbocycles. The second-order valence-corrected chi connectivity index (χ2v) is 13.4. The molecule has 0 bridgehead atoms. The highest BCUT2D eigenvalue weighted by Crippen LogP contribution is 2.74. The molecule has 0 aromatic rings. The SMILES string of the molecule is CC1=C[C@H]2[C@@]3(O)[C@H](C)[C@@H](O)[C@]4(O)[C@H]([C@@H]3C=C(CO)C[C@]2(O)C1=O)C4(C)C.C[C@H](CS)C(=O)N1CCC[C@H]1C(=O)O. The third kappa shape index (κ3) is 4.14. The number of carboxylic acid groups (broad SMARTS) is 1. The van der Waals surface area contributed by atoms with Gasteiger partial charge < -0.3 is 35.5 Å². The summed E-state index contributed by atoms with van der Waals surface area (Å²) in [5.41, 5.74) is -4.57. The van der Waals surface area contributed by atoms with Gasteiger partial charge in [0.1, 0.15) is 17.2 Å². The minimum atomic E-state index is -1.84. The molecular weight excluding hydrogens is 538 g/mol. The van der Waals surface area contributed by atoms with E-state index in [4.69, 9.17) is 5.11 Å². The number of rotatable bonds is 4. The lowest BCUT2D eigenvalue weighted by Crippen LogP contribution is -2.65. The predicted octanol–water partition coefficient (Wildman–Crippen LogP) is 0.558. The molecule has 1 heterocycles. The van der Waals surface area contributed by atoms with Crippen LogP contribution in [0.1, 0.15) is 53.9 Å². The molecule has 1 saturated heterocycles. The minimum absolute atomic E-state index is 0.0615. The molecule has 1 aliphatic heterocycles. The maximum atomic E-state index is 12.7. The average molecular weight is 582 g/mol. The molecule has 0 aromatic heterocycles. The molecule has 0 unspecified atom stereocenters. The van der Waals surface area contributed by atoms with Crippen LogP contribution in [-0.4, -0.2) is 101 Å². The molecule has 0 aromatic carbocycles. The summed E-state index contributed by atoms with van der Waals surface area (Å²) in [6.07, 6.45) is 3.43. The van der Waals surface area contributed by atoms with Gasteiger partial charge in [-0.25, -0.2) is 4.79 Å². The molecule has 4 aliphatic carbocycles. The van der Waals surface area contributed by atoms with Crippen LogP contribution in [0, 0.1) is 35.0 Å². The molecule has 224 valence electrons. The molecule has 0 spiro atoms. The zero-order valence-corrected chi connectivity index (χ0v) is 24.6. The van der Waals surface area contributed by atoms with Crippen LogP contribution in [0.5, 0.6) is 0 Å². The summed E-state index contributed by atoms with van der Waals surface area (Å²) in [4.78, 5) is 36.7. The van der Waals surface area contributed by atoms with Gasteiger partial charge in [0, 0.05) is 53.7 Å². The van der Waals surface area contributed by atoms with E-state index in [-0.39, 0.29) is 24.9 Å². The van der Waals surface area contributed by atoms with Crippen molar-refractivity contribution in [3.05, 3.63) is 23.3 Å². The van der Waals surface area contributed by atoms with E-state index in [1.165, 1.54) is 4.90 Å². The highest BCUT2D eigenvalue weighted by molar-refractivity contribution is 7.80. The van der Waals surface area contributed by atoms with E-state index in [2.05, 4.69) is 12.6 Å². The number of Topliss-reactive ketones (excluding diaryl/α,β-unsaturated/α-hetero) is 1. The Labute approximate surface area is 240 Å². The lowest BCUT2D eigenvalue weighted by Gasteiger charge is -2.51. The average Bonchev–Trinajstić information content (AvgIpc) is 3.22. The van der Waals surface area contributed by atoms with Crippen molar-refractivity contribution >= 4 is 30.3 Å². The van der Waals surface area contributed by atoms with Crippen LogP contribution in [0.4, 0.5) is 0 Å². The normalized spacial score (nSPS) is 43.7. The molecule has 6 N–H and O–H groups in total. The van der Waals surface area contributed by atoms with Crippen LogP contribution >= 0.6 is 12.6 Å². The van der Waals surface area contributed by atoms with Crippen LogP contribution in [0.3, 0.4) is 0 Å². The highest BCUT2D eigenvalue weighted by Gasteiger charge is 2.84. The zero-order valence-electron chi connectivity index (χ0n) is 23.7. The highest BCUT2D eigenvalue weighted by atomic mass is 32.1. The number of hydrogen-bond acceptors (Lipinski definition) is 9. The Balaban J connectivity index is 0.000000224. The summed E-state index contributed by atoms with van der Waals surface area (Å²) in [6.45, 7) is 8.96. The summed E-state index contributed by atoms with van der Waals surface area (Å²) in [5.74, 6) is -3.87. The maximum absolute atomic E-state index is 12.7. The molecule has 11 heteroatoms. The van der Waals surface area contributed by atoms with Gasteiger partial charge in [-0.3, -0.25) is 9.59 Å². The quantitative estimate of drug-likeness (QED) is 0.185. The summed E-state index contributed by atoms with van der Waals surface area (Å²) in [5, 5.41) is 63.8. The molecule has 10 nitrogen and oxygen atoms in total. The molecule has 1 amide bonds. The van der Waals surface area contributed by atoms with E-state index < -0.39 is 69.8 Å². The van der Waals surface area contributed by atoms with Gasteiger partial charge in [0.15, 0.2) is 5.78 Å². The third-order valence-corrected chi connectivity index (χ3v) is 11.1. The number of thiol groups is 1. The van der Waals surface area contributed by atoms with Gasteiger partial charge in [0.05, 0.1) is 18.3 Å². The smallest absolute Gasteiger partial charge is 0.326 e. The number of aliphatic hydroxyl groups excluding tert-OH is 2. The van der Waals surface area contributed by atoms with Crippen molar-refractivity contribution in [2.24, 2.45) is 35.0 Å². The van der Waals surface area contributed by atoms with Crippen LogP contribution in [0.25, 0.3) is 0 Å². The zero-order chi connectivity index (χ0) is 30.2. The predicted molar refractivity (Wildman–Crippen MR) is 148 cm³/mol. The van der Waals surface area contributed by atoms with Crippen LogP contribution in [0.2, 0.25) is 0 Å². The van der Waals surface area contributed by atoms with E-state index in [1.807, 2.05) is 13.8 Å². The van der Waals surface area contributed by atoms with Gasteiger partial charge in [-0.05, 0) is 30.9 Å². The number of carbonyl (C=O) groups is 3. The number of aliphatic carboxylic acids is 1. The Bertz CT molecular complexity index is 1150. The number of aliphatic hydroxyl groups is 5. The Morgan fingerprint density at radius 1 is 1.20 bits per heavy atom. The first kappa shape index (κ1) is 31.2. The largest absolute Gasteiger partial charge is 0.480 e. The molecule has 3 fully saturated rings. The van der Waals surface area contributed by atoms with Crippen molar-refractivity contribution in [3.8, 4) is 0 Å². The van der Waals surface area contributed by atoms with E-state index in [9.17, 15) is 39.9 Å². The monoisotopic (exact) mass is 581 g/mol. The number of fused-ring (bicyclic) bond motifs is 5. The Kier molecular flexibility index (Phi) is 7.95. The number of carbonyl (C=O) groups excluding carboxylic acids is 2. The van der Waals surface area contributed by atoms with Crippen LogP contribution < -0.4 is 0 Å². The van der Waals surface area contributed by atoms with Gasteiger partial charge in [0.25, 0.3) is 0 Å². The van der Waals surface area contributed by atoms with Crippen LogP contribution in [0.15, 0.2) is 23.3 Å². The summed E-state index contributed by atoms with van der Waals surface area (Å²) < 4.78 is 0. The van der Waals surface area contributed by atoms with Gasteiger partial charge in [-0.2, -0.15) is 12.6 Å². The van der Waals surface area contributed by atoms with Crippen molar-refractivity contribution in [1.29, 1.82) is 0 Å². The van der Waals surface area contributed by atoms with Crippen molar-refractivity contribution < 1.29 is 45.0 Å². The number of nitrogens with zero attached hydrogens (tertiary/aromatic N) is 1. The standard InChI is InChI=1S/C20H28O6.C9H15NO3S/c1-9-5-13-18(24,15(9)22)7-11(8-21)6-12-14-17(3,4)20(14,26)16(23)10(2)19(12,13)25;1-6(5-14)8(11)10-4-2-3-7(10)9(12)13/h5-6,10,12-14,16,21,23-26H,7-8H2,1-4H3;6-7,14H,2-5H2,1H3,(H,12,13)/t10-,12+,13-,14-,16-,18-,19-,20-;6-,7+/m11/s1.